The summed E-state index contributed by atoms with van der Waals surface area (Å²) in [5, 5.41) is 7.63. The smallest absolute Gasteiger partial charge is 0.566 e. The number of aliphatic hydroxyl groups is 1. The Morgan fingerprint density at radius 2 is 2.29 bits per heavy atom. The zero-order valence-corrected chi connectivity index (χ0v) is 7.84. The van der Waals surface area contributed by atoms with Crippen LogP contribution in [0.25, 0.3) is 0 Å². The molecular weight excluding hydrogens is 146 g/mol. The van der Waals surface area contributed by atoms with Gasteiger partial charge in [-0.3, -0.25) is 0 Å². The van der Waals surface area contributed by atoms with Gasteiger partial charge in [-0.15, -0.1) is 4.52 Å². The Labute approximate surface area is 84.2 Å². The fourth-order valence-corrected chi connectivity index (χ4v) is 0.141. The maximum Gasteiger partial charge on any atom is 1.00 e. The molecule has 4 nitrogen and oxygen atoms in total. The van der Waals surface area contributed by atoms with Crippen LogP contribution in [0.15, 0.2) is 0 Å². The van der Waals surface area contributed by atoms with Crippen molar-refractivity contribution in [3.05, 3.63) is 0 Å². The second-order valence-electron chi connectivity index (χ2n) is 0.482. The molecule has 1 atom stereocenters. The Morgan fingerprint density at radius 1 is 1.86 bits per heavy atom. The Kier molecular flexibility index (Phi) is 12.4. The van der Waals surface area contributed by atoms with Gasteiger partial charge in [-0.2, -0.15) is 0 Å². The Balaban J connectivity index is 0. The molecule has 0 fully saturated rings. The molecule has 0 aromatic carbocycles. The predicted octanol–water partition coefficient (Wildman–Crippen LogP) is -4.03. The standard InChI is InChI=1S/CH3O4P.K/c2-1-5-6(3)4;/h2H,1H2;/q;+1. The van der Waals surface area contributed by atoms with E-state index in [0.717, 1.165) is 0 Å². The molecule has 1 N–H and O–H groups in total. The molecule has 0 heterocycles. The van der Waals surface area contributed by atoms with Gasteiger partial charge in [0.05, 0.1) is 0 Å². The summed E-state index contributed by atoms with van der Waals surface area (Å²) in [4.78, 5) is 9.25. The van der Waals surface area contributed by atoms with Crippen LogP contribution in [0.2, 0.25) is 0 Å². The maximum atomic E-state index is 9.25. The largest absolute Gasteiger partial charge is 1.00 e. The molecule has 0 rings (SSSR count). The van der Waals surface area contributed by atoms with Crippen LogP contribution >= 0.6 is 8.25 Å². The third kappa shape index (κ3) is 11.3. The van der Waals surface area contributed by atoms with E-state index < -0.39 is 15.0 Å². The minimum atomic E-state index is -2.85. The quantitative estimate of drug-likeness (QED) is 0.246. The van der Waals surface area contributed by atoms with Crippen LogP contribution in [0.1, 0.15) is 0 Å². The van der Waals surface area contributed by atoms with Gasteiger partial charge in [0, 0.05) is 0 Å². The van der Waals surface area contributed by atoms with Gasteiger partial charge in [0.1, 0.15) is 0 Å². The van der Waals surface area contributed by atoms with Crippen LogP contribution in [0.3, 0.4) is 0 Å². The van der Waals surface area contributed by atoms with Crippen LogP contribution in [-0.2, 0) is 9.09 Å². The summed E-state index contributed by atoms with van der Waals surface area (Å²) in [5.41, 5.74) is 0. The molecule has 0 radical (unpaired) electrons. The van der Waals surface area contributed by atoms with Crippen molar-refractivity contribution in [2.24, 2.45) is 0 Å². The van der Waals surface area contributed by atoms with Gasteiger partial charge < -0.3 is 10.00 Å². The van der Waals surface area contributed by atoms with E-state index in [2.05, 4.69) is 4.52 Å². The normalized spacial score (nSPS) is 9.71. The van der Waals surface area contributed by atoms with Gasteiger partial charge in [0.25, 0.3) is 0 Å². The fraction of sp³-hybridized carbons (Fsp3) is 1.00. The minimum absolute atomic E-state index is 0. The van der Waals surface area contributed by atoms with Crippen molar-refractivity contribution in [3.8, 4) is 0 Å². The third-order valence-corrected chi connectivity index (χ3v) is 0.489. The summed E-state index contributed by atoms with van der Waals surface area (Å²) in [6.45, 7) is -0.765. The van der Waals surface area contributed by atoms with E-state index in [1.54, 1.807) is 0 Å². The van der Waals surface area contributed by atoms with Crippen LogP contribution in [0.5, 0.6) is 0 Å². The van der Waals surface area contributed by atoms with Crippen molar-refractivity contribution in [2.75, 3.05) is 6.79 Å². The molecule has 36 valence electrons. The van der Waals surface area contributed by atoms with Gasteiger partial charge >= 0.3 is 59.6 Å². The zero-order valence-electron chi connectivity index (χ0n) is 3.83. The van der Waals surface area contributed by atoms with Gasteiger partial charge in [-0.25, -0.2) is 0 Å². The Bertz CT molecular complexity index is 55.7. The molecule has 0 aliphatic carbocycles. The number of hydrogen-bond donors (Lipinski definition) is 1. The van der Waals surface area contributed by atoms with E-state index in [4.69, 9.17) is 5.11 Å². The SMILES string of the molecule is O=[P+]([O-])OCO.[K+]. The van der Waals surface area contributed by atoms with Crippen LogP contribution in [0, 0.1) is 0 Å². The van der Waals surface area contributed by atoms with Crippen molar-refractivity contribution in [2.45, 2.75) is 0 Å². The van der Waals surface area contributed by atoms with Crippen molar-refractivity contribution < 1.29 is 70.5 Å². The van der Waals surface area contributed by atoms with E-state index in [9.17, 15) is 9.46 Å². The van der Waals surface area contributed by atoms with Crippen LogP contribution in [-0.4, -0.2) is 11.9 Å². The van der Waals surface area contributed by atoms with Crippen molar-refractivity contribution >= 4 is 8.25 Å². The summed E-state index contributed by atoms with van der Waals surface area (Å²) < 4.78 is 12.8. The molecule has 0 aliphatic heterocycles. The maximum absolute atomic E-state index is 9.25. The average molecular weight is 149 g/mol. The molecule has 1 unspecified atom stereocenters. The molecule has 0 aromatic heterocycles. The minimum Gasteiger partial charge on any atom is -0.566 e. The molecule has 6 heteroatoms. The number of rotatable bonds is 2. The van der Waals surface area contributed by atoms with Crippen molar-refractivity contribution in [1.29, 1.82) is 0 Å². The molecule has 0 saturated heterocycles. The summed E-state index contributed by atoms with van der Waals surface area (Å²) in [5.74, 6) is 0. The molecule has 0 spiro atoms. The molecule has 0 bridgehead atoms. The first kappa shape index (κ1) is 11.4. The zero-order chi connectivity index (χ0) is 4.99. The first-order valence-corrected chi connectivity index (χ1v) is 2.25. The van der Waals surface area contributed by atoms with Crippen LogP contribution in [0.4, 0.5) is 0 Å². The monoisotopic (exact) mass is 149 g/mol. The fourth-order valence-electron chi connectivity index (χ4n) is 0.0471. The Morgan fingerprint density at radius 3 is 2.29 bits per heavy atom. The second kappa shape index (κ2) is 7.62. The van der Waals surface area contributed by atoms with Gasteiger partial charge in [-0.05, 0) is 4.57 Å². The first-order valence-electron chi connectivity index (χ1n) is 1.15. The van der Waals surface area contributed by atoms with E-state index in [-0.39, 0.29) is 51.4 Å². The molecular formula is CH3KO4P+. The summed E-state index contributed by atoms with van der Waals surface area (Å²) in [6, 6.07) is 0. The third-order valence-electron chi connectivity index (χ3n) is 0.163. The molecule has 0 amide bonds. The van der Waals surface area contributed by atoms with E-state index >= 15 is 0 Å². The van der Waals surface area contributed by atoms with E-state index in [1.165, 1.54) is 0 Å². The number of hydrogen-bond acceptors (Lipinski definition) is 4. The summed E-state index contributed by atoms with van der Waals surface area (Å²) in [7, 11) is -2.85. The average Bonchev–Trinajstić information content (AvgIpc) is 1.35. The Hall–Kier alpha value is 1.62. The molecule has 0 saturated carbocycles. The van der Waals surface area contributed by atoms with Crippen LogP contribution < -0.4 is 56.3 Å². The van der Waals surface area contributed by atoms with Gasteiger partial charge in [0.2, 0.25) is 0 Å². The molecule has 0 aliphatic rings. The predicted molar refractivity (Wildman–Crippen MR) is 15.8 cm³/mol. The van der Waals surface area contributed by atoms with Crippen molar-refractivity contribution in [3.63, 3.8) is 0 Å². The topological polar surface area (TPSA) is 69.6 Å². The second-order valence-corrected chi connectivity index (χ2v) is 1.19. The summed E-state index contributed by atoms with van der Waals surface area (Å²) >= 11 is 0. The molecule has 0 aromatic rings. The van der Waals surface area contributed by atoms with Gasteiger partial charge in [0.15, 0.2) is 6.79 Å². The summed E-state index contributed by atoms with van der Waals surface area (Å²) in [6.07, 6.45) is 0. The first-order chi connectivity index (χ1) is 2.77. The number of aliphatic hydroxyl groups excluding tert-OH is 1. The van der Waals surface area contributed by atoms with Crippen molar-refractivity contribution in [1.82, 2.24) is 0 Å². The van der Waals surface area contributed by atoms with E-state index in [0.29, 0.717) is 0 Å². The van der Waals surface area contributed by atoms with Gasteiger partial charge in [-0.1, -0.05) is 0 Å². The molecule has 7 heavy (non-hydrogen) atoms. The van der Waals surface area contributed by atoms with E-state index in [1.807, 2.05) is 0 Å².